The minimum atomic E-state index is -0.410. The molecule has 2 rings (SSSR count). The third kappa shape index (κ3) is 6.11. The van der Waals surface area contributed by atoms with E-state index in [1.54, 1.807) is 44.4 Å². The number of hydrogen-bond acceptors (Lipinski definition) is 4. The van der Waals surface area contributed by atoms with Crippen molar-refractivity contribution in [3.05, 3.63) is 53.8 Å². The van der Waals surface area contributed by atoms with Gasteiger partial charge in [0.1, 0.15) is 11.6 Å². The zero-order valence-electron chi connectivity index (χ0n) is 14.0. The first-order chi connectivity index (χ1) is 12.0. The highest BCUT2D eigenvalue weighted by Gasteiger charge is 2.08. The van der Waals surface area contributed by atoms with Crippen LogP contribution < -0.4 is 15.4 Å². The van der Waals surface area contributed by atoms with E-state index in [0.29, 0.717) is 17.1 Å². The lowest BCUT2D eigenvalue weighted by Crippen LogP contribution is -2.18. The van der Waals surface area contributed by atoms with Gasteiger partial charge in [0.25, 0.3) is 0 Å². The summed E-state index contributed by atoms with van der Waals surface area (Å²) in [5.74, 6) is 0.0538. The molecule has 0 atom stereocenters. The second-order valence-corrected chi connectivity index (χ2v) is 6.26. The van der Waals surface area contributed by atoms with E-state index >= 15 is 0 Å². The van der Waals surface area contributed by atoms with Crippen LogP contribution in [0.1, 0.15) is 5.56 Å². The van der Waals surface area contributed by atoms with Crippen molar-refractivity contribution in [3.8, 4) is 5.75 Å². The Kier molecular flexibility index (Phi) is 6.82. The van der Waals surface area contributed by atoms with Crippen LogP contribution in [0.2, 0.25) is 0 Å². The van der Waals surface area contributed by atoms with Crippen molar-refractivity contribution < 1.29 is 18.7 Å². The minimum Gasteiger partial charge on any atom is -0.497 e. The first kappa shape index (κ1) is 18.8. The van der Waals surface area contributed by atoms with E-state index < -0.39 is 5.82 Å². The predicted octanol–water partition coefficient (Wildman–Crippen LogP) is 3.45. The molecular formula is C18H19FN2O3S. The molecule has 25 heavy (non-hydrogen) atoms. The molecule has 0 saturated carbocycles. The molecule has 0 spiro atoms. The number of methoxy groups -OCH3 is 1. The highest BCUT2D eigenvalue weighted by molar-refractivity contribution is 8.00. The second kappa shape index (κ2) is 9.08. The van der Waals surface area contributed by atoms with E-state index in [-0.39, 0.29) is 23.3 Å². The van der Waals surface area contributed by atoms with Crippen molar-refractivity contribution in [2.45, 2.75) is 6.92 Å². The molecule has 0 saturated heterocycles. The monoisotopic (exact) mass is 362 g/mol. The number of benzene rings is 2. The third-order valence-corrected chi connectivity index (χ3v) is 4.25. The van der Waals surface area contributed by atoms with Crippen LogP contribution in [0.25, 0.3) is 0 Å². The molecule has 2 aromatic carbocycles. The summed E-state index contributed by atoms with van der Waals surface area (Å²) in [6.45, 7) is 1.78. The average molecular weight is 362 g/mol. The van der Waals surface area contributed by atoms with Gasteiger partial charge >= 0.3 is 0 Å². The fourth-order valence-corrected chi connectivity index (χ4v) is 2.64. The van der Waals surface area contributed by atoms with Crippen molar-refractivity contribution >= 4 is 35.0 Å². The van der Waals surface area contributed by atoms with Gasteiger partial charge in [0.05, 0.1) is 18.6 Å². The number of rotatable bonds is 7. The van der Waals surface area contributed by atoms with E-state index in [2.05, 4.69) is 10.6 Å². The fraction of sp³-hybridized carbons (Fsp3) is 0.222. The van der Waals surface area contributed by atoms with Crippen LogP contribution in [-0.4, -0.2) is 30.4 Å². The normalized spacial score (nSPS) is 10.2. The van der Waals surface area contributed by atoms with Gasteiger partial charge in [-0.2, -0.15) is 0 Å². The zero-order valence-corrected chi connectivity index (χ0v) is 14.8. The molecule has 7 heteroatoms. The number of thioether (sulfide) groups is 1. The first-order valence-electron chi connectivity index (χ1n) is 7.55. The Labute approximate surface area is 150 Å². The molecule has 0 heterocycles. The second-order valence-electron chi connectivity index (χ2n) is 5.28. The molecule has 2 aromatic rings. The summed E-state index contributed by atoms with van der Waals surface area (Å²) in [5, 5.41) is 5.38. The van der Waals surface area contributed by atoms with Crippen molar-refractivity contribution in [2.24, 2.45) is 0 Å². The van der Waals surface area contributed by atoms with Gasteiger partial charge in [0.15, 0.2) is 0 Å². The van der Waals surface area contributed by atoms with E-state index in [4.69, 9.17) is 4.74 Å². The molecule has 0 unspecified atom stereocenters. The molecule has 0 fully saturated rings. The number of carbonyl (C=O) groups excluding carboxylic acids is 2. The zero-order chi connectivity index (χ0) is 18.2. The van der Waals surface area contributed by atoms with E-state index in [1.807, 2.05) is 0 Å². The van der Waals surface area contributed by atoms with E-state index in [9.17, 15) is 14.0 Å². The number of amides is 2. The standard InChI is InChI=1S/C18H19FN2O3S/c1-12-3-4-13(19)9-16(12)21-18(23)11-25-10-17(22)20-14-5-7-15(24-2)8-6-14/h3-9H,10-11H2,1-2H3,(H,20,22)(H,21,23). The molecule has 0 aliphatic rings. The van der Waals surface area contributed by atoms with Gasteiger partial charge in [0, 0.05) is 11.4 Å². The average Bonchev–Trinajstić information content (AvgIpc) is 2.59. The van der Waals surface area contributed by atoms with Crippen molar-refractivity contribution in [2.75, 3.05) is 29.2 Å². The number of carbonyl (C=O) groups is 2. The van der Waals surface area contributed by atoms with Crippen molar-refractivity contribution in [1.82, 2.24) is 0 Å². The summed E-state index contributed by atoms with van der Waals surface area (Å²) >= 11 is 1.18. The molecule has 0 bridgehead atoms. The summed E-state index contributed by atoms with van der Waals surface area (Å²) < 4.78 is 18.2. The van der Waals surface area contributed by atoms with Crippen LogP contribution >= 0.6 is 11.8 Å². The number of nitrogens with one attached hydrogen (secondary N) is 2. The number of aryl methyl sites for hydroxylation is 1. The molecule has 2 N–H and O–H groups in total. The largest absolute Gasteiger partial charge is 0.497 e. The molecule has 5 nitrogen and oxygen atoms in total. The maximum absolute atomic E-state index is 13.2. The molecule has 0 aromatic heterocycles. The van der Waals surface area contributed by atoms with Crippen LogP contribution in [0.15, 0.2) is 42.5 Å². The van der Waals surface area contributed by atoms with Crippen LogP contribution in [-0.2, 0) is 9.59 Å². The Morgan fingerprint density at radius 1 is 1.04 bits per heavy atom. The minimum absolute atomic E-state index is 0.103. The van der Waals surface area contributed by atoms with Gasteiger partial charge in [-0.3, -0.25) is 9.59 Å². The van der Waals surface area contributed by atoms with Crippen LogP contribution in [0.3, 0.4) is 0 Å². The molecular weight excluding hydrogens is 343 g/mol. The Morgan fingerprint density at radius 3 is 2.32 bits per heavy atom. The van der Waals surface area contributed by atoms with Crippen molar-refractivity contribution in [1.29, 1.82) is 0 Å². The molecule has 2 amide bonds. The Morgan fingerprint density at radius 2 is 1.68 bits per heavy atom. The lowest BCUT2D eigenvalue weighted by molar-refractivity contribution is -0.114. The Hall–Kier alpha value is -2.54. The lowest BCUT2D eigenvalue weighted by Gasteiger charge is -2.09. The fourth-order valence-electron chi connectivity index (χ4n) is 2.02. The molecule has 0 radical (unpaired) electrons. The summed E-state index contributed by atoms with van der Waals surface area (Å²) in [7, 11) is 1.57. The highest BCUT2D eigenvalue weighted by Crippen LogP contribution is 2.17. The van der Waals surface area contributed by atoms with Gasteiger partial charge in [0.2, 0.25) is 11.8 Å². The maximum Gasteiger partial charge on any atom is 0.234 e. The first-order valence-corrected chi connectivity index (χ1v) is 8.71. The van der Waals surface area contributed by atoms with E-state index in [1.165, 1.54) is 23.9 Å². The van der Waals surface area contributed by atoms with Gasteiger partial charge in [-0.1, -0.05) is 6.07 Å². The number of hydrogen-bond donors (Lipinski definition) is 2. The SMILES string of the molecule is COc1ccc(NC(=O)CSCC(=O)Nc2cc(F)ccc2C)cc1. The van der Waals surface area contributed by atoms with Crippen LogP contribution in [0.4, 0.5) is 15.8 Å². The summed E-state index contributed by atoms with van der Waals surface area (Å²) in [6.07, 6.45) is 0. The number of anilines is 2. The molecule has 0 aliphatic carbocycles. The summed E-state index contributed by atoms with van der Waals surface area (Å²) in [6, 6.07) is 11.2. The van der Waals surface area contributed by atoms with Gasteiger partial charge in [-0.15, -0.1) is 11.8 Å². The maximum atomic E-state index is 13.2. The quantitative estimate of drug-likeness (QED) is 0.792. The number of halogens is 1. The van der Waals surface area contributed by atoms with E-state index in [0.717, 1.165) is 5.56 Å². The molecule has 132 valence electrons. The lowest BCUT2D eigenvalue weighted by atomic mass is 10.2. The third-order valence-electron chi connectivity index (χ3n) is 3.31. The van der Waals surface area contributed by atoms with Crippen LogP contribution in [0, 0.1) is 12.7 Å². The molecule has 0 aliphatic heterocycles. The van der Waals surface area contributed by atoms with Gasteiger partial charge < -0.3 is 15.4 Å². The smallest absolute Gasteiger partial charge is 0.234 e. The van der Waals surface area contributed by atoms with Gasteiger partial charge in [-0.05, 0) is 48.9 Å². The highest BCUT2D eigenvalue weighted by atomic mass is 32.2. The summed E-state index contributed by atoms with van der Waals surface area (Å²) in [5.41, 5.74) is 1.87. The number of ether oxygens (including phenoxy) is 1. The Bertz CT molecular complexity index is 750. The summed E-state index contributed by atoms with van der Waals surface area (Å²) in [4.78, 5) is 23.7. The Balaban J connectivity index is 1.74. The van der Waals surface area contributed by atoms with Crippen LogP contribution in [0.5, 0.6) is 5.75 Å². The predicted molar refractivity (Wildman–Crippen MR) is 98.7 cm³/mol. The van der Waals surface area contributed by atoms with Crippen molar-refractivity contribution in [3.63, 3.8) is 0 Å². The topological polar surface area (TPSA) is 67.4 Å². The van der Waals surface area contributed by atoms with Gasteiger partial charge in [-0.25, -0.2) is 4.39 Å².